The molecule has 2 heterocycles. The molecule has 180 valence electrons. The van der Waals surface area contributed by atoms with Crippen molar-refractivity contribution in [2.75, 3.05) is 0 Å². The lowest BCUT2D eigenvalue weighted by Crippen LogP contribution is -2.26. The monoisotopic (exact) mass is 491 g/mol. The number of aromatic nitrogens is 1. The van der Waals surface area contributed by atoms with Crippen LogP contribution in [0.25, 0.3) is 17.0 Å². The first-order chi connectivity index (χ1) is 16.6. The number of esters is 1. The Kier molecular flexibility index (Phi) is 6.79. The van der Waals surface area contributed by atoms with Gasteiger partial charge in [-0.2, -0.15) is 0 Å². The molecule has 2 aromatic carbocycles. The first-order valence-corrected chi connectivity index (χ1v) is 11.8. The molecule has 0 saturated carbocycles. The predicted octanol–water partition coefficient (Wildman–Crippen LogP) is 4.50. The average Bonchev–Trinajstić information content (AvgIpc) is 3.28. The molecule has 0 spiro atoms. The van der Waals surface area contributed by atoms with E-state index in [-0.39, 0.29) is 24.8 Å². The first kappa shape index (κ1) is 24.3. The molecule has 3 aromatic rings. The number of benzene rings is 2. The molecule has 0 atom stereocenters. The zero-order chi connectivity index (χ0) is 25.2. The second-order valence-electron chi connectivity index (χ2n) is 9.03. The van der Waals surface area contributed by atoms with Crippen molar-refractivity contribution in [3.63, 3.8) is 0 Å². The summed E-state index contributed by atoms with van der Waals surface area (Å²) in [5.74, 6) is -1.50. The Morgan fingerprint density at radius 2 is 1.86 bits per heavy atom. The van der Waals surface area contributed by atoms with E-state index in [1.54, 1.807) is 30.3 Å². The van der Waals surface area contributed by atoms with Gasteiger partial charge in [0.1, 0.15) is 12.1 Å². The van der Waals surface area contributed by atoms with Crippen LogP contribution in [0, 0.1) is 0 Å². The Hall–Kier alpha value is -3.85. The van der Waals surface area contributed by atoms with E-state index in [1.165, 1.54) is 11.8 Å². The summed E-state index contributed by atoms with van der Waals surface area (Å²) in [7, 11) is 0. The minimum atomic E-state index is -0.898. The summed E-state index contributed by atoms with van der Waals surface area (Å²) in [6, 6.07) is 14.5. The van der Waals surface area contributed by atoms with Crippen molar-refractivity contribution in [3.05, 3.63) is 70.8 Å². The number of carboxylic acids is 1. The standard InChI is InChI=1S/C26H25N3O5S/c1-26(2,3)34-23(32)15-29-14-17(19-6-4-5-7-20(19)29)13-21-24(33)28-25(35-21)27-18-10-8-16(9-11-18)12-22(30)31/h4-11,13-14H,12,15H2,1-3H3,(H,30,31)(H,27,28,33). The zero-order valence-corrected chi connectivity index (χ0v) is 20.4. The van der Waals surface area contributed by atoms with Crippen LogP contribution in [0.5, 0.6) is 0 Å². The summed E-state index contributed by atoms with van der Waals surface area (Å²) in [5, 5.41) is 13.0. The van der Waals surface area contributed by atoms with E-state index in [9.17, 15) is 14.4 Å². The highest BCUT2D eigenvalue weighted by Crippen LogP contribution is 2.31. The maximum atomic E-state index is 12.6. The van der Waals surface area contributed by atoms with Gasteiger partial charge in [-0.15, -0.1) is 0 Å². The van der Waals surface area contributed by atoms with E-state index >= 15 is 0 Å². The van der Waals surface area contributed by atoms with E-state index in [2.05, 4.69) is 10.3 Å². The normalized spacial score (nSPS) is 16.1. The van der Waals surface area contributed by atoms with Crippen molar-refractivity contribution in [2.24, 2.45) is 4.99 Å². The molecule has 8 nitrogen and oxygen atoms in total. The Balaban J connectivity index is 1.56. The van der Waals surface area contributed by atoms with Gasteiger partial charge in [0, 0.05) is 22.7 Å². The van der Waals surface area contributed by atoms with Gasteiger partial charge < -0.3 is 19.7 Å². The molecular weight excluding hydrogens is 466 g/mol. The molecule has 1 fully saturated rings. The lowest BCUT2D eigenvalue weighted by atomic mass is 10.1. The number of fused-ring (bicyclic) bond motifs is 1. The number of rotatable bonds is 6. The maximum absolute atomic E-state index is 12.6. The van der Waals surface area contributed by atoms with Crippen LogP contribution in [0.2, 0.25) is 0 Å². The number of para-hydroxylation sites is 1. The molecule has 9 heteroatoms. The summed E-state index contributed by atoms with van der Waals surface area (Å²) >= 11 is 1.22. The SMILES string of the molecule is CC(C)(C)OC(=O)Cn1cc(C=C2SC(=Nc3ccc(CC(=O)O)cc3)NC2=O)c2ccccc21. The summed E-state index contributed by atoms with van der Waals surface area (Å²) < 4.78 is 7.28. The molecule has 1 aliphatic heterocycles. The number of ether oxygens (including phenoxy) is 1. The number of amides is 1. The molecule has 4 rings (SSSR count). The van der Waals surface area contributed by atoms with Gasteiger partial charge in [-0.25, -0.2) is 4.99 Å². The molecule has 1 amide bonds. The van der Waals surface area contributed by atoms with E-state index in [0.29, 0.717) is 21.3 Å². The summed E-state index contributed by atoms with van der Waals surface area (Å²) in [4.78, 5) is 40.8. The van der Waals surface area contributed by atoms with Gasteiger partial charge in [0.25, 0.3) is 5.91 Å². The molecule has 0 aliphatic carbocycles. The van der Waals surface area contributed by atoms with Crippen LogP contribution in [0.1, 0.15) is 31.9 Å². The molecule has 35 heavy (non-hydrogen) atoms. The van der Waals surface area contributed by atoms with Gasteiger partial charge in [-0.05, 0) is 62.4 Å². The molecule has 1 aromatic heterocycles. The number of thioether (sulfide) groups is 1. The van der Waals surface area contributed by atoms with Crippen LogP contribution >= 0.6 is 11.8 Å². The van der Waals surface area contributed by atoms with Crippen molar-refractivity contribution in [1.29, 1.82) is 0 Å². The first-order valence-electron chi connectivity index (χ1n) is 11.0. The van der Waals surface area contributed by atoms with Crippen molar-refractivity contribution in [2.45, 2.75) is 39.3 Å². The molecule has 0 unspecified atom stereocenters. The second-order valence-corrected chi connectivity index (χ2v) is 10.1. The quantitative estimate of drug-likeness (QED) is 0.388. The topological polar surface area (TPSA) is 110 Å². The van der Waals surface area contributed by atoms with Crippen LogP contribution in [0.3, 0.4) is 0 Å². The fraction of sp³-hybridized carbons (Fsp3) is 0.231. The van der Waals surface area contributed by atoms with Crippen LogP contribution in [0.15, 0.2) is 64.6 Å². The highest BCUT2D eigenvalue weighted by atomic mass is 32.2. The molecular formula is C26H25N3O5S. The lowest BCUT2D eigenvalue weighted by Gasteiger charge is -2.19. The maximum Gasteiger partial charge on any atom is 0.326 e. The average molecular weight is 492 g/mol. The smallest absolute Gasteiger partial charge is 0.326 e. The third-order valence-electron chi connectivity index (χ3n) is 5.00. The molecule has 0 radical (unpaired) electrons. The Bertz CT molecular complexity index is 1360. The number of carbonyl (C=O) groups excluding carboxylic acids is 2. The molecule has 0 bridgehead atoms. The number of amidine groups is 1. The van der Waals surface area contributed by atoms with Gasteiger partial charge in [0.2, 0.25) is 0 Å². The largest absolute Gasteiger partial charge is 0.481 e. The van der Waals surface area contributed by atoms with E-state index in [1.807, 2.05) is 55.8 Å². The number of aliphatic imine (C=N–C) groups is 1. The summed E-state index contributed by atoms with van der Waals surface area (Å²) in [6.45, 7) is 5.54. The third kappa shape index (κ3) is 6.19. The van der Waals surface area contributed by atoms with Crippen LogP contribution < -0.4 is 5.32 Å². The third-order valence-corrected chi connectivity index (χ3v) is 5.91. The summed E-state index contributed by atoms with van der Waals surface area (Å²) in [6.07, 6.45) is 3.56. The predicted molar refractivity (Wildman–Crippen MR) is 136 cm³/mol. The molecule has 2 N–H and O–H groups in total. The number of aliphatic carboxylic acids is 1. The van der Waals surface area contributed by atoms with Crippen molar-refractivity contribution in [1.82, 2.24) is 9.88 Å². The van der Waals surface area contributed by atoms with Gasteiger partial charge in [-0.1, -0.05) is 30.3 Å². The van der Waals surface area contributed by atoms with E-state index in [0.717, 1.165) is 16.5 Å². The Morgan fingerprint density at radius 1 is 1.14 bits per heavy atom. The Labute approximate surface area is 206 Å². The van der Waals surface area contributed by atoms with Crippen molar-refractivity contribution >= 4 is 57.4 Å². The van der Waals surface area contributed by atoms with Gasteiger partial charge >= 0.3 is 11.9 Å². The second kappa shape index (κ2) is 9.79. The Morgan fingerprint density at radius 3 is 2.54 bits per heavy atom. The fourth-order valence-electron chi connectivity index (χ4n) is 3.64. The van der Waals surface area contributed by atoms with E-state index < -0.39 is 11.6 Å². The fourth-order valence-corrected chi connectivity index (χ4v) is 4.47. The minimum Gasteiger partial charge on any atom is -0.481 e. The van der Waals surface area contributed by atoms with Crippen LogP contribution in [-0.4, -0.2) is 38.3 Å². The number of carboxylic acid groups (broad SMARTS) is 1. The number of nitrogens with one attached hydrogen (secondary N) is 1. The minimum absolute atomic E-state index is 0.0588. The highest BCUT2D eigenvalue weighted by molar-refractivity contribution is 8.18. The van der Waals surface area contributed by atoms with Crippen molar-refractivity contribution in [3.8, 4) is 0 Å². The van der Waals surface area contributed by atoms with Gasteiger partial charge in [0.05, 0.1) is 17.0 Å². The van der Waals surface area contributed by atoms with Gasteiger partial charge in [-0.3, -0.25) is 14.4 Å². The number of nitrogens with zero attached hydrogens (tertiary/aromatic N) is 2. The van der Waals surface area contributed by atoms with Crippen LogP contribution in [0.4, 0.5) is 5.69 Å². The number of carbonyl (C=O) groups is 3. The highest BCUT2D eigenvalue weighted by Gasteiger charge is 2.25. The lowest BCUT2D eigenvalue weighted by molar-refractivity contribution is -0.155. The number of hydrogen-bond donors (Lipinski definition) is 2. The van der Waals surface area contributed by atoms with Crippen LogP contribution in [-0.2, 0) is 32.1 Å². The zero-order valence-electron chi connectivity index (χ0n) is 19.6. The molecule has 1 aliphatic rings. The van der Waals surface area contributed by atoms with Gasteiger partial charge in [0.15, 0.2) is 5.17 Å². The summed E-state index contributed by atoms with van der Waals surface area (Å²) in [5.41, 5.74) is 2.38. The van der Waals surface area contributed by atoms with Crippen molar-refractivity contribution < 1.29 is 24.2 Å². The van der Waals surface area contributed by atoms with E-state index in [4.69, 9.17) is 9.84 Å². The molecule has 1 saturated heterocycles. The number of hydrogen-bond acceptors (Lipinski definition) is 6.